The number of carbonyl (C=O) groups is 1. The fraction of sp³-hybridized carbons (Fsp3) is 0.533. The Balaban J connectivity index is 1.80. The zero-order chi connectivity index (χ0) is 16.9. The third-order valence-electron chi connectivity index (χ3n) is 4.01. The van der Waals surface area contributed by atoms with Crippen molar-refractivity contribution in [3.05, 3.63) is 29.8 Å². The van der Waals surface area contributed by atoms with Gasteiger partial charge < -0.3 is 15.5 Å². The summed E-state index contributed by atoms with van der Waals surface area (Å²) in [5.41, 5.74) is 0.846. The van der Waals surface area contributed by atoms with Crippen LogP contribution in [0.15, 0.2) is 29.2 Å². The Kier molecular flexibility index (Phi) is 5.97. The number of urea groups is 1. The number of sulfonamides is 1. The lowest BCUT2D eigenvalue weighted by Crippen LogP contribution is -2.46. The van der Waals surface area contributed by atoms with Crippen molar-refractivity contribution in [3.8, 4) is 0 Å². The fourth-order valence-corrected chi connectivity index (χ4v) is 3.21. The van der Waals surface area contributed by atoms with Crippen LogP contribution < -0.4 is 15.4 Å². The van der Waals surface area contributed by atoms with Crippen molar-refractivity contribution in [3.63, 3.8) is 0 Å². The van der Waals surface area contributed by atoms with Gasteiger partial charge in [0.1, 0.15) is 0 Å². The summed E-state index contributed by atoms with van der Waals surface area (Å²) in [4.78, 5) is 14.4. The van der Waals surface area contributed by atoms with E-state index in [1.54, 1.807) is 12.1 Å². The van der Waals surface area contributed by atoms with E-state index in [0.29, 0.717) is 6.54 Å². The fourth-order valence-electron chi connectivity index (χ4n) is 2.48. The van der Waals surface area contributed by atoms with Crippen molar-refractivity contribution in [2.45, 2.75) is 30.3 Å². The van der Waals surface area contributed by atoms with Gasteiger partial charge in [0.2, 0.25) is 10.0 Å². The lowest BCUT2D eigenvalue weighted by Gasteiger charge is -2.29. The van der Waals surface area contributed by atoms with E-state index in [1.807, 2.05) is 0 Å². The Morgan fingerprint density at radius 1 is 1.22 bits per heavy atom. The van der Waals surface area contributed by atoms with Gasteiger partial charge in [-0.15, -0.1) is 0 Å². The largest absolute Gasteiger partial charge is 0.335 e. The van der Waals surface area contributed by atoms with Gasteiger partial charge in [-0.2, -0.15) is 0 Å². The van der Waals surface area contributed by atoms with Gasteiger partial charge in [0, 0.05) is 12.6 Å². The van der Waals surface area contributed by atoms with Crippen LogP contribution >= 0.6 is 0 Å². The Hall–Kier alpha value is -1.64. The molecule has 0 spiro atoms. The number of nitrogens with one attached hydrogen (secondary N) is 3. The Morgan fingerprint density at radius 3 is 2.39 bits per heavy atom. The molecule has 1 aromatic carbocycles. The molecule has 0 aromatic heterocycles. The first kappa shape index (κ1) is 17.7. The molecule has 1 heterocycles. The van der Waals surface area contributed by atoms with Crippen LogP contribution in [0.3, 0.4) is 0 Å². The van der Waals surface area contributed by atoms with Gasteiger partial charge in [-0.05, 0) is 57.7 Å². The molecule has 23 heavy (non-hydrogen) atoms. The van der Waals surface area contributed by atoms with Gasteiger partial charge in [-0.3, -0.25) is 0 Å². The van der Waals surface area contributed by atoms with E-state index in [2.05, 4.69) is 27.3 Å². The Bertz CT molecular complexity index is 623. The molecular formula is C15H24N4O3S. The van der Waals surface area contributed by atoms with E-state index in [1.165, 1.54) is 19.2 Å². The zero-order valence-corrected chi connectivity index (χ0v) is 14.3. The molecule has 2 rings (SSSR count). The minimum Gasteiger partial charge on any atom is -0.335 e. The quantitative estimate of drug-likeness (QED) is 0.727. The molecule has 1 aromatic rings. The van der Waals surface area contributed by atoms with Crippen LogP contribution in [0, 0.1) is 0 Å². The highest BCUT2D eigenvalue weighted by atomic mass is 32.2. The van der Waals surface area contributed by atoms with Crippen molar-refractivity contribution in [1.82, 2.24) is 20.3 Å². The molecule has 1 saturated heterocycles. The SMILES string of the molecule is CNS(=O)(=O)c1ccc(CNC(=O)NC2CCN(C)CC2)cc1. The van der Waals surface area contributed by atoms with Crippen LogP contribution in [0.1, 0.15) is 18.4 Å². The minimum atomic E-state index is -3.42. The van der Waals surface area contributed by atoms with Gasteiger partial charge >= 0.3 is 6.03 Å². The monoisotopic (exact) mass is 340 g/mol. The molecule has 1 fully saturated rings. The van der Waals surface area contributed by atoms with Gasteiger partial charge in [0.15, 0.2) is 0 Å². The summed E-state index contributed by atoms with van der Waals surface area (Å²) in [5, 5.41) is 5.77. The molecule has 8 heteroatoms. The molecule has 0 unspecified atom stereocenters. The maximum Gasteiger partial charge on any atom is 0.315 e. The molecule has 0 radical (unpaired) electrons. The summed E-state index contributed by atoms with van der Waals surface area (Å²) in [5.74, 6) is 0. The predicted octanol–water partition coefficient (Wildman–Crippen LogP) is 0.488. The summed E-state index contributed by atoms with van der Waals surface area (Å²) in [6.07, 6.45) is 1.92. The number of hydrogen-bond donors (Lipinski definition) is 3. The molecule has 1 aliphatic heterocycles. The van der Waals surface area contributed by atoms with Gasteiger partial charge in [0.05, 0.1) is 4.90 Å². The van der Waals surface area contributed by atoms with Crippen LogP contribution in [0.25, 0.3) is 0 Å². The summed E-state index contributed by atoms with van der Waals surface area (Å²) >= 11 is 0. The van der Waals surface area contributed by atoms with E-state index in [0.717, 1.165) is 31.5 Å². The normalized spacial score (nSPS) is 17.0. The molecule has 128 valence electrons. The first-order valence-corrected chi connectivity index (χ1v) is 9.14. The van der Waals surface area contributed by atoms with Crippen molar-refractivity contribution in [2.75, 3.05) is 27.2 Å². The highest BCUT2D eigenvalue weighted by Gasteiger charge is 2.18. The minimum absolute atomic E-state index is 0.188. The van der Waals surface area contributed by atoms with Crippen molar-refractivity contribution < 1.29 is 13.2 Å². The van der Waals surface area contributed by atoms with Crippen LogP contribution in [0.5, 0.6) is 0 Å². The van der Waals surface area contributed by atoms with Crippen molar-refractivity contribution in [1.29, 1.82) is 0 Å². The zero-order valence-electron chi connectivity index (χ0n) is 13.5. The van der Waals surface area contributed by atoms with Crippen LogP contribution in [0.4, 0.5) is 4.79 Å². The van der Waals surface area contributed by atoms with Crippen LogP contribution in [0.2, 0.25) is 0 Å². The summed E-state index contributed by atoms with van der Waals surface area (Å²) in [6.45, 7) is 2.34. The summed E-state index contributed by atoms with van der Waals surface area (Å²) in [6, 6.07) is 6.47. The highest BCUT2D eigenvalue weighted by molar-refractivity contribution is 7.89. The third kappa shape index (κ3) is 5.19. The van der Waals surface area contributed by atoms with Crippen LogP contribution in [-0.2, 0) is 16.6 Å². The van der Waals surface area contributed by atoms with Crippen molar-refractivity contribution >= 4 is 16.1 Å². The first-order chi connectivity index (χ1) is 10.9. The Labute approximate surface area is 137 Å². The second-order valence-corrected chi connectivity index (χ2v) is 7.64. The van der Waals surface area contributed by atoms with Gasteiger partial charge in [-0.25, -0.2) is 17.9 Å². The van der Waals surface area contributed by atoms with E-state index in [9.17, 15) is 13.2 Å². The summed E-state index contributed by atoms with van der Waals surface area (Å²) < 4.78 is 25.5. The van der Waals surface area contributed by atoms with Gasteiger partial charge in [0.25, 0.3) is 0 Å². The number of rotatable bonds is 5. The summed E-state index contributed by atoms with van der Waals surface area (Å²) in [7, 11) is 0.0272. The number of nitrogens with zero attached hydrogens (tertiary/aromatic N) is 1. The average molecular weight is 340 g/mol. The van der Waals surface area contributed by atoms with E-state index >= 15 is 0 Å². The molecule has 3 N–H and O–H groups in total. The average Bonchev–Trinajstić information content (AvgIpc) is 2.55. The third-order valence-corrected chi connectivity index (χ3v) is 5.44. The second-order valence-electron chi connectivity index (χ2n) is 5.76. The molecule has 0 bridgehead atoms. The molecule has 2 amide bonds. The molecule has 0 atom stereocenters. The second kappa shape index (κ2) is 7.76. The van der Waals surface area contributed by atoms with Gasteiger partial charge in [-0.1, -0.05) is 12.1 Å². The first-order valence-electron chi connectivity index (χ1n) is 7.66. The van der Waals surface area contributed by atoms with Crippen molar-refractivity contribution in [2.24, 2.45) is 0 Å². The Morgan fingerprint density at radius 2 is 1.83 bits per heavy atom. The standard InChI is InChI=1S/C15H24N4O3S/c1-16-23(21,22)14-5-3-12(4-6-14)11-17-15(20)18-13-7-9-19(2)10-8-13/h3-6,13,16H,7-11H2,1-2H3,(H2,17,18,20). The maximum absolute atomic E-state index is 11.9. The number of benzene rings is 1. The topological polar surface area (TPSA) is 90.5 Å². The maximum atomic E-state index is 11.9. The molecule has 7 nitrogen and oxygen atoms in total. The lowest BCUT2D eigenvalue weighted by molar-refractivity contribution is 0.213. The van der Waals surface area contributed by atoms with E-state index in [-0.39, 0.29) is 17.0 Å². The molecule has 1 aliphatic rings. The predicted molar refractivity (Wildman–Crippen MR) is 88.6 cm³/mol. The number of piperidine rings is 1. The highest BCUT2D eigenvalue weighted by Crippen LogP contribution is 2.10. The van der Waals surface area contributed by atoms with Crippen LogP contribution in [-0.4, -0.2) is 52.6 Å². The molecule has 0 saturated carbocycles. The molecular weight excluding hydrogens is 316 g/mol. The lowest BCUT2D eigenvalue weighted by atomic mass is 10.1. The van der Waals surface area contributed by atoms with E-state index < -0.39 is 10.0 Å². The molecule has 0 aliphatic carbocycles. The smallest absolute Gasteiger partial charge is 0.315 e. The number of hydrogen-bond acceptors (Lipinski definition) is 4. The van der Waals surface area contributed by atoms with E-state index in [4.69, 9.17) is 0 Å². The number of carbonyl (C=O) groups excluding carboxylic acids is 1. The number of amides is 2. The number of likely N-dealkylation sites (tertiary alicyclic amines) is 1.